The molecule has 1 atom stereocenters. The summed E-state index contributed by atoms with van der Waals surface area (Å²) in [6.45, 7) is 2.97. The highest BCUT2D eigenvalue weighted by Crippen LogP contribution is 2.29. The molecule has 0 aliphatic rings. The van der Waals surface area contributed by atoms with Gasteiger partial charge in [-0.2, -0.15) is 13.2 Å². The Bertz CT molecular complexity index is 383. The number of benzene rings is 1. The Morgan fingerprint density at radius 3 is 2.12 bits per heavy atom. The van der Waals surface area contributed by atoms with Crippen LogP contribution in [0.4, 0.5) is 13.2 Å². The predicted molar refractivity (Wildman–Crippen MR) is 63.1 cm³/mol. The molecule has 1 aromatic rings. The lowest BCUT2D eigenvalue weighted by molar-refractivity contribution is -0.191. The first-order valence-corrected chi connectivity index (χ1v) is 5.75. The summed E-state index contributed by atoms with van der Waals surface area (Å²) in [6.07, 6.45) is -6.42. The highest BCUT2D eigenvalue weighted by Gasteiger charge is 2.40. The molecule has 1 unspecified atom stereocenters. The fourth-order valence-corrected chi connectivity index (χ4v) is 1.62. The normalized spacial score (nSPS) is 13.6. The van der Waals surface area contributed by atoms with Gasteiger partial charge < -0.3 is 10.5 Å². The van der Waals surface area contributed by atoms with Crippen LogP contribution in [0.3, 0.4) is 0 Å². The van der Waals surface area contributed by atoms with Crippen molar-refractivity contribution in [2.24, 2.45) is 5.73 Å². The number of nitrogens with two attached hydrogens (primary N) is 1. The second-order valence-corrected chi connectivity index (χ2v) is 4.55. The van der Waals surface area contributed by atoms with Gasteiger partial charge in [0.05, 0.1) is 0 Å². The Labute approximate surface area is 106 Å². The molecule has 17 heavy (non-hydrogen) atoms. The fourth-order valence-electron chi connectivity index (χ4n) is 1.39. The fraction of sp³-hybridized carbons (Fsp3) is 0.455. The lowest BCUT2D eigenvalue weighted by Gasteiger charge is -2.21. The Hall–Kier alpha value is -0.750. The SMILES string of the molecule is Cc1cc(OC(CN)C(F)(F)F)cc(C)c1Br. The topological polar surface area (TPSA) is 35.2 Å². The first kappa shape index (κ1) is 14.3. The molecular weight excluding hydrogens is 299 g/mol. The van der Waals surface area contributed by atoms with E-state index in [0.717, 1.165) is 15.6 Å². The van der Waals surface area contributed by atoms with Gasteiger partial charge in [-0.3, -0.25) is 0 Å². The molecule has 6 heteroatoms. The molecule has 0 amide bonds. The van der Waals surface area contributed by atoms with Crippen LogP contribution in [-0.4, -0.2) is 18.8 Å². The number of hydrogen-bond acceptors (Lipinski definition) is 2. The zero-order valence-electron chi connectivity index (χ0n) is 9.44. The maximum absolute atomic E-state index is 12.5. The van der Waals surface area contributed by atoms with E-state index in [-0.39, 0.29) is 5.75 Å². The number of hydrogen-bond donors (Lipinski definition) is 1. The minimum absolute atomic E-state index is 0.177. The molecule has 96 valence electrons. The average Bonchev–Trinajstić information content (AvgIpc) is 2.20. The van der Waals surface area contributed by atoms with E-state index in [1.165, 1.54) is 0 Å². The summed E-state index contributed by atoms with van der Waals surface area (Å²) in [7, 11) is 0. The molecule has 0 bridgehead atoms. The van der Waals surface area contributed by atoms with E-state index in [1.54, 1.807) is 26.0 Å². The number of aryl methyl sites for hydroxylation is 2. The van der Waals surface area contributed by atoms with E-state index < -0.39 is 18.8 Å². The Morgan fingerprint density at radius 1 is 1.29 bits per heavy atom. The van der Waals surface area contributed by atoms with Crippen molar-refractivity contribution < 1.29 is 17.9 Å². The minimum atomic E-state index is -4.45. The third-order valence-electron chi connectivity index (χ3n) is 2.27. The molecule has 0 saturated heterocycles. The number of ether oxygens (including phenoxy) is 1. The summed E-state index contributed by atoms with van der Waals surface area (Å²) in [5.41, 5.74) is 6.69. The van der Waals surface area contributed by atoms with Gasteiger partial charge in [0.1, 0.15) is 5.75 Å². The van der Waals surface area contributed by atoms with E-state index in [2.05, 4.69) is 15.9 Å². The van der Waals surface area contributed by atoms with E-state index in [4.69, 9.17) is 10.5 Å². The molecule has 1 aromatic carbocycles. The lowest BCUT2D eigenvalue weighted by Crippen LogP contribution is -2.40. The van der Waals surface area contributed by atoms with Crippen molar-refractivity contribution in [1.82, 2.24) is 0 Å². The van der Waals surface area contributed by atoms with E-state index in [9.17, 15) is 13.2 Å². The molecule has 0 spiro atoms. The summed E-state index contributed by atoms with van der Waals surface area (Å²) in [5.74, 6) is 0.177. The third-order valence-corrected chi connectivity index (χ3v) is 3.52. The summed E-state index contributed by atoms with van der Waals surface area (Å²) in [4.78, 5) is 0. The monoisotopic (exact) mass is 311 g/mol. The second kappa shape index (κ2) is 5.27. The van der Waals surface area contributed by atoms with Crippen LogP contribution in [-0.2, 0) is 0 Å². The van der Waals surface area contributed by atoms with Crippen LogP contribution >= 0.6 is 15.9 Å². The number of alkyl halides is 3. The molecule has 0 heterocycles. The Kier molecular flexibility index (Phi) is 4.43. The molecular formula is C11H13BrF3NO. The summed E-state index contributed by atoms with van der Waals surface area (Å²) < 4.78 is 43.2. The van der Waals surface area contributed by atoms with Gasteiger partial charge in [-0.15, -0.1) is 0 Å². The van der Waals surface area contributed by atoms with Gasteiger partial charge >= 0.3 is 6.18 Å². The van der Waals surface area contributed by atoms with Crippen LogP contribution in [0.1, 0.15) is 11.1 Å². The maximum Gasteiger partial charge on any atom is 0.426 e. The zero-order chi connectivity index (χ0) is 13.2. The zero-order valence-corrected chi connectivity index (χ0v) is 11.0. The lowest BCUT2D eigenvalue weighted by atomic mass is 10.1. The number of halogens is 4. The van der Waals surface area contributed by atoms with Crippen LogP contribution < -0.4 is 10.5 Å². The van der Waals surface area contributed by atoms with E-state index in [1.807, 2.05) is 0 Å². The largest absolute Gasteiger partial charge is 0.480 e. The first-order valence-electron chi connectivity index (χ1n) is 4.96. The highest BCUT2D eigenvalue weighted by molar-refractivity contribution is 9.10. The summed E-state index contributed by atoms with van der Waals surface area (Å²) in [6, 6.07) is 3.09. The number of rotatable bonds is 3. The van der Waals surface area contributed by atoms with Crippen molar-refractivity contribution in [1.29, 1.82) is 0 Å². The van der Waals surface area contributed by atoms with E-state index >= 15 is 0 Å². The molecule has 0 aliphatic carbocycles. The molecule has 0 radical (unpaired) electrons. The Balaban J connectivity index is 2.95. The molecule has 1 rings (SSSR count). The second-order valence-electron chi connectivity index (χ2n) is 3.75. The predicted octanol–water partition coefficient (Wildman–Crippen LogP) is 3.33. The highest BCUT2D eigenvalue weighted by atomic mass is 79.9. The first-order chi connectivity index (χ1) is 7.75. The molecule has 0 aliphatic heterocycles. The Morgan fingerprint density at radius 2 is 1.76 bits per heavy atom. The standard InChI is InChI=1S/C11H13BrF3NO/c1-6-3-8(4-7(2)10(6)12)17-9(5-16)11(13,14)15/h3-4,9H,5,16H2,1-2H3. The summed E-state index contributed by atoms with van der Waals surface area (Å²) >= 11 is 3.33. The quantitative estimate of drug-likeness (QED) is 0.929. The van der Waals surface area contributed by atoms with Gasteiger partial charge in [0, 0.05) is 11.0 Å². The molecule has 0 aromatic heterocycles. The van der Waals surface area contributed by atoms with Crippen LogP contribution in [0.25, 0.3) is 0 Å². The van der Waals surface area contributed by atoms with Crippen molar-refractivity contribution in [2.45, 2.75) is 26.1 Å². The van der Waals surface area contributed by atoms with Crippen LogP contribution in [0.15, 0.2) is 16.6 Å². The smallest absolute Gasteiger partial charge is 0.426 e. The molecule has 0 fully saturated rings. The van der Waals surface area contributed by atoms with Crippen LogP contribution in [0.5, 0.6) is 5.75 Å². The molecule has 2 nitrogen and oxygen atoms in total. The van der Waals surface area contributed by atoms with Gasteiger partial charge in [0.25, 0.3) is 0 Å². The van der Waals surface area contributed by atoms with Crippen LogP contribution in [0.2, 0.25) is 0 Å². The van der Waals surface area contributed by atoms with Gasteiger partial charge in [0.15, 0.2) is 0 Å². The van der Waals surface area contributed by atoms with Gasteiger partial charge in [-0.1, -0.05) is 15.9 Å². The van der Waals surface area contributed by atoms with Crippen molar-refractivity contribution in [3.63, 3.8) is 0 Å². The maximum atomic E-state index is 12.5. The van der Waals surface area contributed by atoms with Gasteiger partial charge in [-0.05, 0) is 37.1 Å². The van der Waals surface area contributed by atoms with E-state index in [0.29, 0.717) is 0 Å². The minimum Gasteiger partial charge on any atom is -0.480 e. The van der Waals surface area contributed by atoms with Crippen molar-refractivity contribution in [3.8, 4) is 5.75 Å². The van der Waals surface area contributed by atoms with Crippen molar-refractivity contribution >= 4 is 15.9 Å². The molecule has 0 saturated carbocycles. The van der Waals surface area contributed by atoms with Gasteiger partial charge in [-0.25, -0.2) is 0 Å². The van der Waals surface area contributed by atoms with Crippen molar-refractivity contribution in [3.05, 3.63) is 27.7 Å². The van der Waals surface area contributed by atoms with Crippen LogP contribution in [0, 0.1) is 13.8 Å². The van der Waals surface area contributed by atoms with Gasteiger partial charge in [0.2, 0.25) is 6.10 Å². The summed E-state index contributed by atoms with van der Waals surface area (Å²) in [5, 5.41) is 0. The molecule has 2 N–H and O–H groups in total. The van der Waals surface area contributed by atoms with Crippen molar-refractivity contribution in [2.75, 3.05) is 6.54 Å². The third kappa shape index (κ3) is 3.61. The average molecular weight is 312 g/mol.